The maximum Gasteiger partial charge on any atom is 0.0712 e. The molecule has 0 saturated heterocycles. The zero-order chi connectivity index (χ0) is 11.4. The largest absolute Gasteiger partial charge is 0.391 e. The Bertz CT molecular complexity index is 308. The van der Waals surface area contributed by atoms with Crippen molar-refractivity contribution in [3.8, 4) is 0 Å². The SMILES string of the molecule is CC[C@@H](O)CN(CC1CC1)c1ccccc1. The van der Waals surface area contributed by atoms with Gasteiger partial charge in [0.1, 0.15) is 0 Å². The fourth-order valence-corrected chi connectivity index (χ4v) is 1.92. The normalized spacial score (nSPS) is 17.1. The summed E-state index contributed by atoms with van der Waals surface area (Å²) < 4.78 is 0. The quantitative estimate of drug-likeness (QED) is 0.795. The molecule has 88 valence electrons. The number of aliphatic hydroxyl groups is 1. The Hall–Kier alpha value is -1.02. The van der Waals surface area contributed by atoms with Crippen LogP contribution in [0.2, 0.25) is 0 Å². The predicted octanol–water partition coefficient (Wildman–Crippen LogP) is 2.67. The third-order valence-electron chi connectivity index (χ3n) is 3.20. The van der Waals surface area contributed by atoms with Gasteiger partial charge in [0, 0.05) is 18.8 Å². The number of nitrogens with zero attached hydrogens (tertiary/aromatic N) is 1. The van der Waals surface area contributed by atoms with Gasteiger partial charge < -0.3 is 10.0 Å². The van der Waals surface area contributed by atoms with Crippen molar-refractivity contribution in [2.24, 2.45) is 5.92 Å². The highest BCUT2D eigenvalue weighted by atomic mass is 16.3. The molecule has 2 heteroatoms. The molecule has 2 rings (SSSR count). The van der Waals surface area contributed by atoms with Crippen LogP contribution >= 0.6 is 0 Å². The van der Waals surface area contributed by atoms with Crippen molar-refractivity contribution >= 4 is 5.69 Å². The van der Waals surface area contributed by atoms with E-state index >= 15 is 0 Å². The summed E-state index contributed by atoms with van der Waals surface area (Å²) in [5.41, 5.74) is 1.24. The average molecular weight is 219 g/mol. The first-order valence-corrected chi connectivity index (χ1v) is 6.27. The maximum atomic E-state index is 9.78. The minimum Gasteiger partial charge on any atom is -0.391 e. The summed E-state index contributed by atoms with van der Waals surface area (Å²) in [5.74, 6) is 0.851. The number of hydrogen-bond donors (Lipinski definition) is 1. The van der Waals surface area contributed by atoms with E-state index in [1.54, 1.807) is 0 Å². The summed E-state index contributed by atoms with van der Waals surface area (Å²) in [6.45, 7) is 3.89. The van der Waals surface area contributed by atoms with Gasteiger partial charge in [-0.05, 0) is 37.3 Å². The second-order valence-electron chi connectivity index (χ2n) is 4.75. The van der Waals surface area contributed by atoms with E-state index in [1.165, 1.54) is 18.5 Å². The summed E-state index contributed by atoms with van der Waals surface area (Å²) in [5, 5.41) is 9.78. The molecule has 1 aliphatic rings. The van der Waals surface area contributed by atoms with E-state index in [2.05, 4.69) is 29.2 Å². The molecule has 1 saturated carbocycles. The lowest BCUT2D eigenvalue weighted by Gasteiger charge is -2.27. The summed E-state index contributed by atoms with van der Waals surface area (Å²) in [6, 6.07) is 10.4. The summed E-state index contributed by atoms with van der Waals surface area (Å²) >= 11 is 0. The number of rotatable bonds is 6. The van der Waals surface area contributed by atoms with Gasteiger partial charge in [0.05, 0.1) is 6.10 Å². The highest BCUT2D eigenvalue weighted by Crippen LogP contribution is 2.31. The van der Waals surface area contributed by atoms with Crippen LogP contribution in [0.15, 0.2) is 30.3 Å². The zero-order valence-electron chi connectivity index (χ0n) is 9.97. The first-order valence-electron chi connectivity index (χ1n) is 6.27. The van der Waals surface area contributed by atoms with Crippen molar-refractivity contribution in [2.45, 2.75) is 32.3 Å². The number of anilines is 1. The molecule has 16 heavy (non-hydrogen) atoms. The van der Waals surface area contributed by atoms with Gasteiger partial charge in [0.25, 0.3) is 0 Å². The van der Waals surface area contributed by atoms with E-state index in [-0.39, 0.29) is 6.10 Å². The van der Waals surface area contributed by atoms with Crippen molar-refractivity contribution in [3.63, 3.8) is 0 Å². The molecule has 0 unspecified atom stereocenters. The Labute approximate surface area is 97.9 Å². The molecule has 1 aromatic rings. The number of para-hydroxylation sites is 1. The summed E-state index contributed by atoms with van der Waals surface area (Å²) in [4.78, 5) is 2.33. The lowest BCUT2D eigenvalue weighted by atomic mass is 10.2. The molecule has 1 fully saturated rings. The van der Waals surface area contributed by atoms with Gasteiger partial charge >= 0.3 is 0 Å². The second kappa shape index (κ2) is 5.35. The highest BCUT2D eigenvalue weighted by Gasteiger charge is 2.25. The molecule has 0 aromatic heterocycles. The van der Waals surface area contributed by atoms with E-state index in [0.717, 1.165) is 25.4 Å². The van der Waals surface area contributed by atoms with Crippen molar-refractivity contribution in [1.82, 2.24) is 0 Å². The van der Waals surface area contributed by atoms with E-state index < -0.39 is 0 Å². The number of hydrogen-bond acceptors (Lipinski definition) is 2. The van der Waals surface area contributed by atoms with Crippen LogP contribution in [-0.4, -0.2) is 24.3 Å². The lowest BCUT2D eigenvalue weighted by Crippen LogP contribution is -2.33. The van der Waals surface area contributed by atoms with Crippen molar-refractivity contribution in [3.05, 3.63) is 30.3 Å². The minimum atomic E-state index is -0.209. The molecule has 0 bridgehead atoms. The number of aliphatic hydroxyl groups excluding tert-OH is 1. The van der Waals surface area contributed by atoms with Gasteiger partial charge in [0.2, 0.25) is 0 Å². The predicted molar refractivity (Wildman–Crippen MR) is 67.7 cm³/mol. The van der Waals surface area contributed by atoms with Gasteiger partial charge in [0.15, 0.2) is 0 Å². The molecule has 1 aliphatic carbocycles. The molecular weight excluding hydrogens is 198 g/mol. The first kappa shape index (κ1) is 11.5. The maximum absolute atomic E-state index is 9.78. The molecule has 1 N–H and O–H groups in total. The van der Waals surface area contributed by atoms with Gasteiger partial charge in [-0.2, -0.15) is 0 Å². The third-order valence-corrected chi connectivity index (χ3v) is 3.20. The van der Waals surface area contributed by atoms with Crippen LogP contribution in [0.25, 0.3) is 0 Å². The van der Waals surface area contributed by atoms with Crippen LogP contribution in [0.3, 0.4) is 0 Å². The van der Waals surface area contributed by atoms with Crippen LogP contribution in [-0.2, 0) is 0 Å². The molecule has 0 spiro atoms. The van der Waals surface area contributed by atoms with Crippen molar-refractivity contribution in [1.29, 1.82) is 0 Å². The van der Waals surface area contributed by atoms with Crippen molar-refractivity contribution in [2.75, 3.05) is 18.0 Å². The van der Waals surface area contributed by atoms with E-state index in [9.17, 15) is 5.11 Å². The Morgan fingerprint density at radius 3 is 2.56 bits per heavy atom. The molecule has 0 heterocycles. The summed E-state index contributed by atoms with van der Waals surface area (Å²) in [6.07, 6.45) is 3.32. The second-order valence-corrected chi connectivity index (χ2v) is 4.75. The van der Waals surface area contributed by atoms with Gasteiger partial charge in [-0.1, -0.05) is 25.1 Å². The van der Waals surface area contributed by atoms with Crippen LogP contribution in [0.1, 0.15) is 26.2 Å². The highest BCUT2D eigenvalue weighted by molar-refractivity contribution is 5.46. The Kier molecular flexibility index (Phi) is 3.83. The summed E-state index contributed by atoms with van der Waals surface area (Å²) in [7, 11) is 0. The van der Waals surface area contributed by atoms with Crippen LogP contribution < -0.4 is 4.90 Å². The van der Waals surface area contributed by atoms with Crippen LogP contribution in [0.4, 0.5) is 5.69 Å². The Balaban J connectivity index is 2.01. The fourth-order valence-electron chi connectivity index (χ4n) is 1.92. The van der Waals surface area contributed by atoms with Crippen LogP contribution in [0.5, 0.6) is 0 Å². The molecule has 0 amide bonds. The van der Waals surface area contributed by atoms with Gasteiger partial charge in [-0.15, -0.1) is 0 Å². The smallest absolute Gasteiger partial charge is 0.0712 e. The topological polar surface area (TPSA) is 23.5 Å². The third kappa shape index (κ3) is 3.24. The van der Waals surface area contributed by atoms with Crippen LogP contribution in [0, 0.1) is 5.92 Å². The fraction of sp³-hybridized carbons (Fsp3) is 0.571. The zero-order valence-corrected chi connectivity index (χ0v) is 9.97. The monoisotopic (exact) mass is 219 g/mol. The lowest BCUT2D eigenvalue weighted by molar-refractivity contribution is 0.175. The van der Waals surface area contributed by atoms with E-state index in [0.29, 0.717) is 0 Å². The van der Waals surface area contributed by atoms with E-state index in [1.807, 2.05) is 13.0 Å². The molecule has 1 atom stereocenters. The van der Waals surface area contributed by atoms with Gasteiger partial charge in [-0.3, -0.25) is 0 Å². The van der Waals surface area contributed by atoms with Crippen molar-refractivity contribution < 1.29 is 5.11 Å². The Morgan fingerprint density at radius 1 is 1.31 bits per heavy atom. The Morgan fingerprint density at radius 2 is 2.00 bits per heavy atom. The number of benzene rings is 1. The van der Waals surface area contributed by atoms with E-state index in [4.69, 9.17) is 0 Å². The minimum absolute atomic E-state index is 0.209. The molecule has 2 nitrogen and oxygen atoms in total. The molecule has 0 aliphatic heterocycles. The molecular formula is C14H21NO. The standard InChI is InChI=1S/C14H21NO/c1-2-14(16)11-15(10-12-8-9-12)13-6-4-3-5-7-13/h3-7,12,14,16H,2,8-11H2,1H3/t14-/m1/s1. The van der Waals surface area contributed by atoms with Gasteiger partial charge in [-0.25, -0.2) is 0 Å². The first-order chi connectivity index (χ1) is 7.79. The molecule has 1 aromatic carbocycles. The molecule has 0 radical (unpaired) electrons. The average Bonchev–Trinajstić information content (AvgIpc) is 3.13.